The van der Waals surface area contributed by atoms with E-state index in [1.54, 1.807) is 24.8 Å². The summed E-state index contributed by atoms with van der Waals surface area (Å²) in [4.78, 5) is 39.3. The number of fused-ring (bicyclic) bond motifs is 1. The van der Waals surface area contributed by atoms with Crippen LogP contribution >= 0.6 is 0 Å². The molecule has 0 spiro atoms. The predicted octanol–water partition coefficient (Wildman–Crippen LogP) is 4.63. The number of nitrogens with zero attached hydrogens (tertiary/aromatic N) is 2. The van der Waals surface area contributed by atoms with E-state index in [-0.39, 0.29) is 12.3 Å². The van der Waals surface area contributed by atoms with E-state index in [0.717, 1.165) is 27.9 Å². The third-order valence-corrected chi connectivity index (χ3v) is 6.59. The van der Waals surface area contributed by atoms with Crippen molar-refractivity contribution in [3.8, 4) is 17.2 Å². The molecule has 8 heteroatoms. The van der Waals surface area contributed by atoms with Crippen molar-refractivity contribution < 1.29 is 19.5 Å². The fraction of sp³-hybridized carbons (Fsp3) is 0.267. The number of benzene rings is 3. The topological polar surface area (TPSA) is 123 Å². The lowest BCUT2D eigenvalue weighted by atomic mass is 9.99. The van der Waals surface area contributed by atoms with Gasteiger partial charge in [0.25, 0.3) is 0 Å². The molecule has 194 valence electrons. The molecule has 1 aliphatic heterocycles. The van der Waals surface area contributed by atoms with E-state index in [0.29, 0.717) is 24.9 Å². The Kier molecular flexibility index (Phi) is 7.77. The Bertz CT molecular complexity index is 1390. The molecule has 0 fully saturated rings. The Morgan fingerprint density at radius 2 is 1.74 bits per heavy atom. The second-order valence-electron chi connectivity index (χ2n) is 10.1. The monoisotopic (exact) mass is 510 g/mol. The van der Waals surface area contributed by atoms with Gasteiger partial charge in [0.2, 0.25) is 11.8 Å². The van der Waals surface area contributed by atoms with Crippen LogP contribution in [0.4, 0.5) is 10.5 Å². The van der Waals surface area contributed by atoms with E-state index in [2.05, 4.69) is 16.7 Å². The standard InChI is InChI=1S/C30H30N4O4/c1-30(2,33-29(37)38)17-27(35)32-25-16-15-22-7-4-6-10-26(22)34(28(25)36)19-20-11-13-21(14-12-20)24-9-5-3-8-23(24)18-31/h3-14,25,33H,15-17,19H2,1-2H3,(H,32,35)(H,37,38)/t25-/m1/s1. The number of nitrogens with one attached hydrogen (secondary N) is 2. The van der Waals surface area contributed by atoms with Crippen LogP contribution in [0.1, 0.15) is 43.4 Å². The summed E-state index contributed by atoms with van der Waals surface area (Å²) in [7, 11) is 0. The normalized spacial score (nSPS) is 15.1. The number of carbonyl (C=O) groups excluding carboxylic acids is 2. The van der Waals surface area contributed by atoms with Crippen molar-refractivity contribution in [2.45, 2.75) is 51.2 Å². The van der Waals surface area contributed by atoms with E-state index < -0.39 is 23.6 Å². The number of aryl methyl sites for hydroxylation is 1. The highest BCUT2D eigenvalue weighted by atomic mass is 16.4. The smallest absolute Gasteiger partial charge is 0.405 e. The molecule has 38 heavy (non-hydrogen) atoms. The zero-order valence-electron chi connectivity index (χ0n) is 21.4. The van der Waals surface area contributed by atoms with Gasteiger partial charge >= 0.3 is 6.09 Å². The van der Waals surface area contributed by atoms with Crippen LogP contribution in [0.2, 0.25) is 0 Å². The molecule has 0 radical (unpaired) electrons. The first kappa shape index (κ1) is 26.4. The van der Waals surface area contributed by atoms with Gasteiger partial charge in [0.15, 0.2) is 0 Å². The van der Waals surface area contributed by atoms with Crippen LogP contribution in [-0.4, -0.2) is 34.6 Å². The Morgan fingerprint density at radius 3 is 2.45 bits per heavy atom. The van der Waals surface area contributed by atoms with Gasteiger partial charge in [-0.1, -0.05) is 60.7 Å². The number of amides is 3. The number of anilines is 1. The molecule has 4 rings (SSSR count). The maximum absolute atomic E-state index is 13.7. The van der Waals surface area contributed by atoms with Crippen molar-refractivity contribution in [1.29, 1.82) is 5.26 Å². The second-order valence-corrected chi connectivity index (χ2v) is 10.1. The van der Waals surface area contributed by atoms with Crippen molar-refractivity contribution >= 4 is 23.6 Å². The fourth-order valence-electron chi connectivity index (χ4n) is 4.80. The maximum Gasteiger partial charge on any atom is 0.405 e. The SMILES string of the molecule is CC(C)(CC(=O)N[C@@H]1CCc2ccccc2N(Cc2ccc(-c3ccccc3C#N)cc2)C1=O)NC(=O)O. The molecule has 0 saturated carbocycles. The number of nitriles is 1. The zero-order valence-corrected chi connectivity index (χ0v) is 21.4. The summed E-state index contributed by atoms with van der Waals surface area (Å²) in [5.41, 5.74) is 4.11. The van der Waals surface area contributed by atoms with Crippen LogP contribution < -0.4 is 15.5 Å². The molecule has 1 atom stereocenters. The van der Waals surface area contributed by atoms with Gasteiger partial charge in [0, 0.05) is 17.6 Å². The molecule has 3 aromatic rings. The Hall–Kier alpha value is -4.64. The number of rotatable bonds is 7. The summed E-state index contributed by atoms with van der Waals surface area (Å²) in [5.74, 6) is -0.611. The minimum Gasteiger partial charge on any atom is -0.465 e. The van der Waals surface area contributed by atoms with Crippen LogP contribution in [0.15, 0.2) is 72.8 Å². The number of carbonyl (C=O) groups is 3. The minimum atomic E-state index is -1.21. The Balaban J connectivity index is 1.55. The molecule has 8 nitrogen and oxygen atoms in total. The highest BCUT2D eigenvalue weighted by Crippen LogP contribution is 2.30. The minimum absolute atomic E-state index is 0.0956. The molecule has 0 unspecified atom stereocenters. The Labute approximate surface area is 221 Å². The fourth-order valence-corrected chi connectivity index (χ4v) is 4.80. The number of hydrogen-bond acceptors (Lipinski definition) is 4. The van der Waals surface area contributed by atoms with Gasteiger partial charge in [-0.2, -0.15) is 5.26 Å². The van der Waals surface area contributed by atoms with Crippen molar-refractivity contribution in [2.75, 3.05) is 4.90 Å². The van der Waals surface area contributed by atoms with E-state index in [1.807, 2.05) is 66.7 Å². The lowest BCUT2D eigenvalue weighted by molar-refractivity contribution is -0.128. The highest BCUT2D eigenvalue weighted by Gasteiger charge is 2.33. The van der Waals surface area contributed by atoms with Crippen molar-refractivity contribution in [2.24, 2.45) is 0 Å². The lowest BCUT2D eigenvalue weighted by Gasteiger charge is -2.28. The number of hydrogen-bond donors (Lipinski definition) is 3. The van der Waals surface area contributed by atoms with Gasteiger partial charge in [-0.25, -0.2) is 4.79 Å². The lowest BCUT2D eigenvalue weighted by Crippen LogP contribution is -2.51. The quantitative estimate of drug-likeness (QED) is 0.428. The third kappa shape index (κ3) is 6.19. The molecule has 0 bridgehead atoms. The predicted molar refractivity (Wildman–Crippen MR) is 144 cm³/mol. The summed E-state index contributed by atoms with van der Waals surface area (Å²) in [6.07, 6.45) is -0.252. The molecule has 3 amide bonds. The van der Waals surface area contributed by atoms with Gasteiger partial charge in [-0.3, -0.25) is 9.59 Å². The van der Waals surface area contributed by atoms with Gasteiger partial charge in [-0.05, 0) is 61.1 Å². The van der Waals surface area contributed by atoms with E-state index in [9.17, 15) is 19.6 Å². The maximum atomic E-state index is 13.7. The van der Waals surface area contributed by atoms with Crippen LogP contribution in [0.25, 0.3) is 11.1 Å². The molecule has 0 aliphatic carbocycles. The van der Waals surface area contributed by atoms with Crippen LogP contribution in [0, 0.1) is 11.3 Å². The first-order valence-electron chi connectivity index (χ1n) is 12.4. The zero-order chi connectivity index (χ0) is 27.3. The molecule has 0 saturated heterocycles. The van der Waals surface area contributed by atoms with Crippen molar-refractivity contribution in [3.63, 3.8) is 0 Å². The van der Waals surface area contributed by atoms with Gasteiger partial charge in [0.05, 0.1) is 18.2 Å². The largest absolute Gasteiger partial charge is 0.465 e. The molecule has 3 N–H and O–H groups in total. The first-order valence-corrected chi connectivity index (χ1v) is 12.4. The van der Waals surface area contributed by atoms with E-state index >= 15 is 0 Å². The molecule has 3 aromatic carbocycles. The van der Waals surface area contributed by atoms with Gasteiger partial charge < -0.3 is 20.6 Å². The summed E-state index contributed by atoms with van der Waals surface area (Å²) in [6.45, 7) is 3.56. The number of carboxylic acid groups (broad SMARTS) is 1. The van der Waals surface area contributed by atoms with Gasteiger partial charge in [0.1, 0.15) is 6.04 Å². The first-order chi connectivity index (χ1) is 18.2. The summed E-state index contributed by atoms with van der Waals surface area (Å²) < 4.78 is 0. The Morgan fingerprint density at radius 1 is 1.05 bits per heavy atom. The molecular formula is C30H30N4O4. The summed E-state index contributed by atoms with van der Waals surface area (Å²) in [5, 5.41) is 23.6. The second kappa shape index (κ2) is 11.2. The number of para-hydroxylation sites is 1. The van der Waals surface area contributed by atoms with Crippen LogP contribution in [0.3, 0.4) is 0 Å². The third-order valence-electron chi connectivity index (χ3n) is 6.59. The van der Waals surface area contributed by atoms with Crippen molar-refractivity contribution in [1.82, 2.24) is 10.6 Å². The van der Waals surface area contributed by atoms with Gasteiger partial charge in [-0.15, -0.1) is 0 Å². The van der Waals surface area contributed by atoms with E-state index in [4.69, 9.17) is 5.11 Å². The molecule has 0 aromatic heterocycles. The van der Waals surface area contributed by atoms with Crippen LogP contribution in [0.5, 0.6) is 0 Å². The van der Waals surface area contributed by atoms with Crippen molar-refractivity contribution in [3.05, 3.63) is 89.5 Å². The van der Waals surface area contributed by atoms with Crippen LogP contribution in [-0.2, 0) is 22.6 Å². The molecule has 1 aliphatic rings. The highest BCUT2D eigenvalue weighted by molar-refractivity contribution is 6.00. The molecule has 1 heterocycles. The molecular weight excluding hydrogens is 480 g/mol. The average Bonchev–Trinajstić information content (AvgIpc) is 3.00. The average molecular weight is 511 g/mol. The summed E-state index contributed by atoms with van der Waals surface area (Å²) in [6, 6.07) is 24.4. The summed E-state index contributed by atoms with van der Waals surface area (Å²) >= 11 is 0. The van der Waals surface area contributed by atoms with E-state index in [1.165, 1.54) is 0 Å².